The van der Waals surface area contributed by atoms with E-state index >= 15 is 0 Å². The van der Waals surface area contributed by atoms with Gasteiger partial charge in [0.15, 0.2) is 0 Å². The average Bonchev–Trinajstić information content (AvgIpc) is 3.07. The third-order valence-corrected chi connectivity index (χ3v) is 2.97. The van der Waals surface area contributed by atoms with Gasteiger partial charge in [0.2, 0.25) is 0 Å². The summed E-state index contributed by atoms with van der Waals surface area (Å²) in [5.41, 5.74) is 2.76. The molecule has 3 nitrogen and oxygen atoms in total. The van der Waals surface area contributed by atoms with E-state index in [0.29, 0.717) is 0 Å². The van der Waals surface area contributed by atoms with Crippen molar-refractivity contribution < 1.29 is 26.2 Å². The third kappa shape index (κ3) is 21.7. The number of hydrogen-bond donors (Lipinski definition) is 0. The van der Waals surface area contributed by atoms with Crippen molar-refractivity contribution in [3.63, 3.8) is 0 Å². The average molecular weight is 423 g/mol. The minimum atomic E-state index is 0. The topological polar surface area (TPSA) is 42.3 Å². The first-order valence-electron chi connectivity index (χ1n) is 9.26. The van der Waals surface area contributed by atoms with Crippen molar-refractivity contribution in [2.24, 2.45) is 0 Å². The first kappa shape index (κ1) is 29.5. The predicted octanol–water partition coefficient (Wildman–Crippen LogP) is 6.25. The van der Waals surface area contributed by atoms with Crippen LogP contribution in [0.2, 0.25) is 0 Å². The van der Waals surface area contributed by atoms with Gasteiger partial charge in [-0.3, -0.25) is 0 Å². The number of fused-ring (bicyclic) bond motifs is 1. The van der Waals surface area contributed by atoms with E-state index in [-0.39, 0.29) is 26.2 Å². The molecule has 0 aliphatic heterocycles. The molecule has 0 atom stereocenters. The van der Waals surface area contributed by atoms with Crippen LogP contribution in [0.5, 0.6) is 0 Å². The quantitative estimate of drug-likeness (QED) is 0.486. The van der Waals surface area contributed by atoms with Crippen molar-refractivity contribution in [1.82, 2.24) is 0 Å². The first-order chi connectivity index (χ1) is 11.7. The Kier molecular flexibility index (Phi) is 30.6. The van der Waals surface area contributed by atoms with Crippen molar-refractivity contribution >= 4 is 6.08 Å². The van der Waals surface area contributed by atoms with Crippen LogP contribution in [0, 0.1) is 6.07 Å². The standard InChI is InChI=1S/C9H7.3C4H10N.Zr/c1-2-5-9-7-3-6-8(9)4-1;3*1-3-5-4-2;/h1,3-5,7H,6H2;3*3-4H2,1-2H3;/q4*-1;+4. The molecule has 0 bridgehead atoms. The molecule has 0 amide bonds. The van der Waals surface area contributed by atoms with Gasteiger partial charge in [0, 0.05) is 0 Å². The Hall–Kier alpha value is -0.277. The summed E-state index contributed by atoms with van der Waals surface area (Å²) in [6.07, 6.45) is 5.42. The molecular formula is C21H37N3Zr. The molecule has 0 N–H and O–H groups in total. The van der Waals surface area contributed by atoms with Crippen LogP contribution in [0.15, 0.2) is 24.3 Å². The van der Waals surface area contributed by atoms with Gasteiger partial charge in [-0.15, -0.1) is 17.2 Å². The van der Waals surface area contributed by atoms with Crippen LogP contribution in [0.3, 0.4) is 0 Å². The van der Waals surface area contributed by atoms with E-state index in [9.17, 15) is 0 Å². The smallest absolute Gasteiger partial charge is 0.663 e. The summed E-state index contributed by atoms with van der Waals surface area (Å²) in [6, 6.07) is 9.15. The molecule has 0 fully saturated rings. The van der Waals surface area contributed by atoms with Crippen LogP contribution in [0.1, 0.15) is 52.7 Å². The van der Waals surface area contributed by atoms with Gasteiger partial charge in [0.05, 0.1) is 0 Å². The summed E-state index contributed by atoms with van der Waals surface area (Å²) in [4.78, 5) is 0. The Morgan fingerprint density at radius 2 is 1.24 bits per heavy atom. The maximum absolute atomic E-state index is 3.97. The fourth-order valence-electron chi connectivity index (χ4n) is 1.80. The Morgan fingerprint density at radius 3 is 1.56 bits per heavy atom. The monoisotopic (exact) mass is 421 g/mol. The summed E-state index contributed by atoms with van der Waals surface area (Å²) in [6.45, 7) is 18.1. The van der Waals surface area contributed by atoms with Crippen LogP contribution in [-0.2, 0) is 32.6 Å². The number of hydrogen-bond acceptors (Lipinski definition) is 0. The number of nitrogens with zero attached hydrogens (tertiary/aromatic N) is 3. The van der Waals surface area contributed by atoms with Gasteiger partial charge < -0.3 is 16.0 Å². The number of rotatable bonds is 6. The van der Waals surface area contributed by atoms with E-state index in [1.807, 2.05) is 53.7 Å². The van der Waals surface area contributed by atoms with Gasteiger partial charge in [0.25, 0.3) is 0 Å². The molecule has 1 aromatic rings. The molecule has 2 rings (SSSR count). The van der Waals surface area contributed by atoms with Crippen LogP contribution in [-0.4, -0.2) is 39.3 Å². The summed E-state index contributed by atoms with van der Waals surface area (Å²) in [5.74, 6) is 0. The minimum absolute atomic E-state index is 0. The van der Waals surface area contributed by atoms with Gasteiger partial charge in [-0.25, -0.2) is 0 Å². The molecule has 140 valence electrons. The SMILES string of the molecule is CC[N-]CC.CC[N-]CC.CC[N-]CC.[Zr+4].[c-]1ccc2c(c1)C=CC2. The zero-order valence-corrected chi connectivity index (χ0v) is 19.6. The molecule has 1 aliphatic carbocycles. The molecule has 0 aromatic heterocycles. The van der Waals surface area contributed by atoms with Gasteiger partial charge in [0.1, 0.15) is 0 Å². The van der Waals surface area contributed by atoms with Gasteiger partial charge in [-0.1, -0.05) is 47.6 Å². The minimum Gasteiger partial charge on any atom is -0.663 e. The van der Waals surface area contributed by atoms with Crippen molar-refractivity contribution in [3.05, 3.63) is 57.4 Å². The molecule has 1 aliphatic rings. The zero-order valence-electron chi connectivity index (χ0n) is 17.2. The van der Waals surface area contributed by atoms with Gasteiger partial charge >= 0.3 is 26.2 Å². The molecule has 0 radical (unpaired) electrons. The summed E-state index contributed by atoms with van der Waals surface area (Å²) in [7, 11) is 0. The molecule has 25 heavy (non-hydrogen) atoms. The Balaban J connectivity index is -0.000000269. The van der Waals surface area contributed by atoms with Crippen molar-refractivity contribution in [1.29, 1.82) is 0 Å². The van der Waals surface area contributed by atoms with Crippen LogP contribution >= 0.6 is 0 Å². The maximum Gasteiger partial charge on any atom is 4.00 e. The molecule has 1 aromatic carbocycles. The molecule has 0 saturated carbocycles. The second-order valence-electron chi connectivity index (χ2n) is 4.80. The molecule has 0 saturated heterocycles. The van der Waals surface area contributed by atoms with Crippen LogP contribution in [0.25, 0.3) is 22.0 Å². The Morgan fingerprint density at radius 1 is 0.800 bits per heavy atom. The fraction of sp³-hybridized carbons (Fsp3) is 0.619. The van der Waals surface area contributed by atoms with E-state index < -0.39 is 0 Å². The number of benzene rings is 1. The van der Waals surface area contributed by atoms with Crippen molar-refractivity contribution in [2.45, 2.75) is 48.0 Å². The third-order valence-electron chi connectivity index (χ3n) is 2.97. The van der Waals surface area contributed by atoms with Crippen LogP contribution < -0.4 is 0 Å². The van der Waals surface area contributed by atoms with E-state index in [4.69, 9.17) is 0 Å². The molecule has 0 unspecified atom stereocenters. The summed E-state index contributed by atoms with van der Waals surface area (Å²) >= 11 is 0. The molecule has 0 heterocycles. The Labute approximate surface area is 176 Å². The predicted molar refractivity (Wildman–Crippen MR) is 111 cm³/mol. The molecule has 0 spiro atoms. The molecular weight excluding hydrogens is 385 g/mol. The second-order valence-corrected chi connectivity index (χ2v) is 4.80. The summed E-state index contributed by atoms with van der Waals surface area (Å²) in [5, 5.41) is 11.9. The zero-order chi connectivity index (χ0) is 18.5. The summed E-state index contributed by atoms with van der Waals surface area (Å²) < 4.78 is 0. The van der Waals surface area contributed by atoms with Gasteiger partial charge in [-0.05, 0) is 6.42 Å². The fourth-order valence-corrected chi connectivity index (χ4v) is 1.80. The van der Waals surface area contributed by atoms with E-state index in [2.05, 4.69) is 40.2 Å². The van der Waals surface area contributed by atoms with Crippen molar-refractivity contribution in [2.75, 3.05) is 39.3 Å². The molecule has 4 heteroatoms. The maximum atomic E-state index is 3.97. The van der Waals surface area contributed by atoms with Crippen LogP contribution in [0.4, 0.5) is 0 Å². The van der Waals surface area contributed by atoms with Gasteiger partial charge in [-0.2, -0.15) is 63.5 Å². The number of allylic oxidation sites excluding steroid dienone is 1. The van der Waals surface area contributed by atoms with E-state index in [0.717, 1.165) is 45.7 Å². The Bertz CT molecular complexity index is 361. The van der Waals surface area contributed by atoms with Crippen molar-refractivity contribution in [3.8, 4) is 0 Å². The second kappa shape index (κ2) is 26.0. The normalized spacial score (nSPS) is 10.0. The van der Waals surface area contributed by atoms with E-state index in [1.165, 1.54) is 11.1 Å². The van der Waals surface area contributed by atoms with E-state index in [1.54, 1.807) is 0 Å². The largest absolute Gasteiger partial charge is 4.00 e. The first-order valence-corrected chi connectivity index (χ1v) is 9.26.